The molecule has 12 unspecified atom stereocenters. The van der Waals surface area contributed by atoms with Gasteiger partial charge in [0.15, 0.2) is 12.6 Å². The fraction of sp³-hybridized carbons (Fsp3) is 0.780. The molecule has 0 aromatic heterocycles. The maximum Gasteiger partial charge on any atom is 0.220 e. The van der Waals surface area contributed by atoms with Crippen molar-refractivity contribution in [3.05, 3.63) is 60.8 Å². The number of carbonyl (C=O) groups excluding carboxylic acids is 1. The second-order valence-electron chi connectivity index (χ2n) is 17.2. The second kappa shape index (κ2) is 36.8. The molecule has 2 aliphatic rings. The minimum atomic E-state index is -1.79. The Bertz CT molecular complexity index is 1310. The fourth-order valence-corrected chi connectivity index (χ4v) is 7.69. The van der Waals surface area contributed by atoms with Crippen LogP contribution in [-0.4, -0.2) is 140 Å². The first-order chi connectivity index (χ1) is 31.1. The first-order valence-electron chi connectivity index (χ1n) is 24.5. The summed E-state index contributed by atoms with van der Waals surface area (Å²) in [5.74, 6) is -0.259. The van der Waals surface area contributed by atoms with Crippen molar-refractivity contribution in [2.75, 3.05) is 19.8 Å². The molecular formula is C50H87NO13. The first kappa shape index (κ1) is 57.8. The molecule has 2 aliphatic heterocycles. The molecule has 0 aromatic rings. The molecule has 14 heteroatoms. The van der Waals surface area contributed by atoms with Crippen molar-refractivity contribution < 1.29 is 64.6 Å². The van der Waals surface area contributed by atoms with Crippen LogP contribution in [0.2, 0.25) is 0 Å². The van der Waals surface area contributed by atoms with Crippen LogP contribution in [0.4, 0.5) is 0 Å². The van der Waals surface area contributed by atoms with Gasteiger partial charge in [-0.15, -0.1) is 0 Å². The van der Waals surface area contributed by atoms with E-state index in [0.29, 0.717) is 6.42 Å². The Labute approximate surface area is 384 Å². The lowest BCUT2D eigenvalue weighted by Crippen LogP contribution is -2.65. The molecule has 0 saturated carbocycles. The van der Waals surface area contributed by atoms with E-state index < -0.39 is 86.8 Å². The summed E-state index contributed by atoms with van der Waals surface area (Å²) in [5, 5.41) is 86.6. The summed E-state index contributed by atoms with van der Waals surface area (Å²) in [7, 11) is 0. The van der Waals surface area contributed by atoms with Gasteiger partial charge in [-0.25, -0.2) is 0 Å². The Morgan fingerprint density at radius 1 is 0.578 bits per heavy atom. The van der Waals surface area contributed by atoms with Crippen LogP contribution in [0.15, 0.2) is 60.8 Å². The largest absolute Gasteiger partial charge is 0.394 e. The zero-order chi connectivity index (χ0) is 46.8. The molecule has 1 amide bonds. The summed E-state index contributed by atoms with van der Waals surface area (Å²) >= 11 is 0. The van der Waals surface area contributed by atoms with Crippen LogP contribution >= 0.6 is 0 Å². The van der Waals surface area contributed by atoms with Crippen LogP contribution in [0.5, 0.6) is 0 Å². The molecule has 12 atom stereocenters. The van der Waals surface area contributed by atoms with Crippen molar-refractivity contribution >= 4 is 5.91 Å². The van der Waals surface area contributed by atoms with E-state index in [0.717, 1.165) is 83.5 Å². The normalized spacial score (nSPS) is 27.8. The van der Waals surface area contributed by atoms with Crippen molar-refractivity contribution in [3.8, 4) is 0 Å². The third-order valence-electron chi connectivity index (χ3n) is 11.7. The van der Waals surface area contributed by atoms with Crippen molar-refractivity contribution in [3.63, 3.8) is 0 Å². The predicted octanol–water partition coefficient (Wildman–Crippen LogP) is 5.88. The van der Waals surface area contributed by atoms with Crippen LogP contribution in [0, 0.1) is 0 Å². The summed E-state index contributed by atoms with van der Waals surface area (Å²) in [6.07, 6.45) is 26.9. The van der Waals surface area contributed by atoms with Crippen LogP contribution in [0.1, 0.15) is 155 Å². The maximum absolute atomic E-state index is 13.1. The van der Waals surface area contributed by atoms with Crippen molar-refractivity contribution in [2.24, 2.45) is 0 Å². The maximum atomic E-state index is 13.1. The zero-order valence-corrected chi connectivity index (χ0v) is 39.0. The van der Waals surface area contributed by atoms with Gasteiger partial charge in [-0.2, -0.15) is 0 Å². The average molecular weight is 910 g/mol. The van der Waals surface area contributed by atoms with Crippen molar-refractivity contribution in [1.82, 2.24) is 5.32 Å². The lowest BCUT2D eigenvalue weighted by molar-refractivity contribution is -0.359. The summed E-state index contributed by atoms with van der Waals surface area (Å²) in [5.41, 5.74) is 0. The number of unbranched alkanes of at least 4 members (excludes halogenated alkanes) is 15. The number of rotatable bonds is 36. The monoisotopic (exact) mass is 910 g/mol. The first-order valence-corrected chi connectivity index (χ1v) is 24.5. The molecule has 2 saturated heterocycles. The molecule has 2 rings (SSSR count). The molecule has 0 spiro atoms. The van der Waals surface area contributed by atoms with E-state index in [1.165, 1.54) is 44.9 Å². The number of allylic oxidation sites excluding steroid dienone is 9. The molecule has 0 radical (unpaired) electrons. The highest BCUT2D eigenvalue weighted by Crippen LogP contribution is 2.30. The summed E-state index contributed by atoms with van der Waals surface area (Å²) in [6, 6.07) is -0.922. The van der Waals surface area contributed by atoms with E-state index in [-0.39, 0.29) is 18.9 Å². The third kappa shape index (κ3) is 23.9. The van der Waals surface area contributed by atoms with E-state index in [2.05, 4.69) is 67.8 Å². The van der Waals surface area contributed by atoms with E-state index in [1.54, 1.807) is 6.08 Å². The molecule has 9 N–H and O–H groups in total. The highest BCUT2D eigenvalue weighted by molar-refractivity contribution is 5.76. The standard InChI is InChI=1S/C50H87NO13/c1-3-5-7-9-11-13-15-16-17-18-19-20-21-22-24-26-28-30-32-34-42(55)51-38(39(54)33-31-29-27-25-23-14-12-10-8-6-4-2)37-61-49-47(60)45(58)48(41(36-53)63-49)64-50-46(59)44(57)43(56)40(35-52)62-50/h5,7,11,13,16-17,19-20,31,33,38-41,43-50,52-54,56-60H,3-4,6,8-10,12,14-15,18,21-30,32,34-37H2,1-2H3,(H,51,55)/b7-5-,13-11-,17-16-,20-19-,33-31+. The molecule has 2 heterocycles. The molecule has 0 aromatic carbocycles. The van der Waals surface area contributed by atoms with Gasteiger partial charge in [0.1, 0.15) is 48.8 Å². The quantitative estimate of drug-likeness (QED) is 0.0265. The summed E-state index contributed by atoms with van der Waals surface area (Å²) < 4.78 is 22.6. The molecule has 2 fully saturated rings. The molecule has 370 valence electrons. The molecular weight excluding hydrogens is 823 g/mol. The van der Waals surface area contributed by atoms with E-state index in [9.17, 15) is 45.6 Å². The van der Waals surface area contributed by atoms with Gasteiger partial charge in [0.2, 0.25) is 5.91 Å². The van der Waals surface area contributed by atoms with E-state index >= 15 is 0 Å². The molecule has 64 heavy (non-hydrogen) atoms. The second-order valence-corrected chi connectivity index (χ2v) is 17.2. The Kier molecular flexibility index (Phi) is 33.2. The van der Waals surface area contributed by atoms with Gasteiger partial charge in [-0.05, 0) is 57.8 Å². The Morgan fingerprint density at radius 2 is 1.08 bits per heavy atom. The number of ether oxygens (including phenoxy) is 4. The topological polar surface area (TPSA) is 228 Å². The van der Waals surface area contributed by atoms with E-state index in [4.69, 9.17) is 18.9 Å². The SMILES string of the molecule is CC/C=C\C/C=C\C/C=C\C/C=C\CCCCCCCCC(=O)NC(COC1OC(CO)C(OC2OC(CO)C(O)C(O)C2O)C(O)C1O)C(O)/C=C/CCCCCCCCCCC. The highest BCUT2D eigenvalue weighted by atomic mass is 16.7. The van der Waals surface area contributed by atoms with Gasteiger partial charge in [-0.1, -0.05) is 152 Å². The van der Waals surface area contributed by atoms with Crippen molar-refractivity contribution in [1.29, 1.82) is 0 Å². The smallest absolute Gasteiger partial charge is 0.220 e. The lowest BCUT2D eigenvalue weighted by atomic mass is 9.97. The van der Waals surface area contributed by atoms with E-state index in [1.807, 2.05) is 6.08 Å². The number of carbonyl (C=O) groups is 1. The number of amides is 1. The van der Waals surface area contributed by atoms with Gasteiger partial charge in [0.05, 0.1) is 32.0 Å². The van der Waals surface area contributed by atoms with Crippen molar-refractivity contribution in [2.45, 2.75) is 229 Å². The van der Waals surface area contributed by atoms with Crippen LogP contribution in [0.3, 0.4) is 0 Å². The predicted molar refractivity (Wildman–Crippen MR) is 249 cm³/mol. The van der Waals surface area contributed by atoms with Gasteiger partial charge < -0.3 is 65.1 Å². The third-order valence-corrected chi connectivity index (χ3v) is 11.7. The number of hydrogen-bond acceptors (Lipinski definition) is 13. The van der Waals surface area contributed by atoms with Crippen LogP contribution in [-0.2, 0) is 23.7 Å². The zero-order valence-electron chi connectivity index (χ0n) is 39.0. The average Bonchev–Trinajstić information content (AvgIpc) is 3.29. The van der Waals surface area contributed by atoms with Gasteiger partial charge >= 0.3 is 0 Å². The summed E-state index contributed by atoms with van der Waals surface area (Å²) in [6.45, 7) is 2.62. The number of aliphatic hydroxyl groups is 8. The molecule has 0 bridgehead atoms. The summed E-state index contributed by atoms with van der Waals surface area (Å²) in [4.78, 5) is 13.1. The number of nitrogens with one attached hydrogen (secondary N) is 1. The minimum Gasteiger partial charge on any atom is -0.394 e. The fourth-order valence-electron chi connectivity index (χ4n) is 7.69. The van der Waals surface area contributed by atoms with Gasteiger partial charge in [0, 0.05) is 6.42 Å². The van der Waals surface area contributed by atoms with Gasteiger partial charge in [-0.3, -0.25) is 4.79 Å². The lowest BCUT2D eigenvalue weighted by Gasteiger charge is -2.46. The Morgan fingerprint density at radius 3 is 1.66 bits per heavy atom. The molecule has 14 nitrogen and oxygen atoms in total. The number of aliphatic hydroxyl groups excluding tert-OH is 8. The highest BCUT2D eigenvalue weighted by Gasteiger charge is 2.51. The molecule has 0 aliphatic carbocycles. The Balaban J connectivity index is 1.85. The Hall–Kier alpha value is -2.31. The van der Waals surface area contributed by atoms with Gasteiger partial charge in [0.25, 0.3) is 0 Å². The minimum absolute atomic E-state index is 0.259. The van der Waals surface area contributed by atoms with Crippen LogP contribution in [0.25, 0.3) is 0 Å². The number of hydrogen-bond donors (Lipinski definition) is 9. The van der Waals surface area contributed by atoms with Crippen LogP contribution < -0.4 is 5.32 Å².